The third-order valence-corrected chi connectivity index (χ3v) is 4.33. The third kappa shape index (κ3) is 5.16. The van der Waals surface area contributed by atoms with E-state index in [1.807, 2.05) is 19.9 Å². The molecule has 0 aliphatic rings. The summed E-state index contributed by atoms with van der Waals surface area (Å²) in [6, 6.07) is 10.3. The summed E-state index contributed by atoms with van der Waals surface area (Å²) < 4.78 is 10.7. The van der Waals surface area contributed by atoms with Crippen LogP contribution in [-0.4, -0.2) is 19.6 Å². The number of anilines is 1. The molecule has 0 fully saturated rings. The SMILES string of the molecule is CCOc1cc(/C=C(/C#N)C(=O)Nc2ccc(C)c(Cl)c2)cc(Cl)c1OC. The molecule has 2 aromatic rings. The topological polar surface area (TPSA) is 71.3 Å². The highest BCUT2D eigenvalue weighted by Gasteiger charge is 2.14. The lowest BCUT2D eigenvalue weighted by Gasteiger charge is -2.12. The van der Waals surface area contributed by atoms with Crippen molar-refractivity contribution < 1.29 is 14.3 Å². The number of ether oxygens (including phenoxy) is 2. The Morgan fingerprint density at radius 1 is 1.26 bits per heavy atom. The summed E-state index contributed by atoms with van der Waals surface area (Å²) in [6.45, 7) is 4.11. The number of hydrogen-bond acceptors (Lipinski definition) is 4. The highest BCUT2D eigenvalue weighted by atomic mass is 35.5. The number of amides is 1. The fraction of sp³-hybridized carbons (Fsp3) is 0.200. The maximum absolute atomic E-state index is 12.4. The molecule has 0 aromatic heterocycles. The van der Waals surface area contributed by atoms with E-state index in [1.165, 1.54) is 13.2 Å². The molecule has 2 aromatic carbocycles. The molecule has 7 heteroatoms. The van der Waals surface area contributed by atoms with Crippen molar-refractivity contribution in [2.45, 2.75) is 13.8 Å². The van der Waals surface area contributed by atoms with Crippen LogP contribution < -0.4 is 14.8 Å². The highest BCUT2D eigenvalue weighted by molar-refractivity contribution is 6.32. The van der Waals surface area contributed by atoms with Crippen molar-refractivity contribution in [2.75, 3.05) is 19.0 Å². The van der Waals surface area contributed by atoms with Crippen LogP contribution in [0, 0.1) is 18.3 Å². The molecule has 0 saturated heterocycles. The van der Waals surface area contributed by atoms with Gasteiger partial charge < -0.3 is 14.8 Å². The normalized spacial score (nSPS) is 10.9. The second-order valence-electron chi connectivity index (χ2n) is 5.56. The first kappa shape index (κ1) is 20.6. The summed E-state index contributed by atoms with van der Waals surface area (Å²) in [5.41, 5.74) is 1.84. The summed E-state index contributed by atoms with van der Waals surface area (Å²) in [5.74, 6) is 0.275. The summed E-state index contributed by atoms with van der Waals surface area (Å²) in [5, 5.41) is 12.9. The molecule has 0 aliphatic heterocycles. The first-order chi connectivity index (χ1) is 12.9. The zero-order chi connectivity index (χ0) is 20.0. The average Bonchev–Trinajstić information content (AvgIpc) is 2.63. The summed E-state index contributed by atoms with van der Waals surface area (Å²) >= 11 is 12.3. The molecular formula is C20H18Cl2N2O3. The van der Waals surface area contributed by atoms with E-state index < -0.39 is 5.91 Å². The number of hydrogen-bond donors (Lipinski definition) is 1. The second kappa shape index (κ2) is 9.31. The van der Waals surface area contributed by atoms with Crippen LogP contribution in [0.4, 0.5) is 5.69 Å². The number of nitrogens with one attached hydrogen (secondary N) is 1. The van der Waals surface area contributed by atoms with Crippen LogP contribution in [0.25, 0.3) is 6.08 Å². The van der Waals surface area contributed by atoms with Gasteiger partial charge in [0.25, 0.3) is 5.91 Å². The van der Waals surface area contributed by atoms with Crippen LogP contribution in [0.3, 0.4) is 0 Å². The van der Waals surface area contributed by atoms with Crippen LogP contribution in [0.1, 0.15) is 18.1 Å². The quantitative estimate of drug-likeness (QED) is 0.526. The van der Waals surface area contributed by atoms with Crippen molar-refractivity contribution in [3.05, 3.63) is 57.1 Å². The van der Waals surface area contributed by atoms with Crippen molar-refractivity contribution >= 4 is 40.9 Å². The number of aryl methyl sites for hydroxylation is 1. The van der Waals surface area contributed by atoms with E-state index in [9.17, 15) is 10.1 Å². The van der Waals surface area contributed by atoms with Crippen molar-refractivity contribution in [1.29, 1.82) is 5.26 Å². The van der Waals surface area contributed by atoms with Crippen LogP contribution in [0.15, 0.2) is 35.9 Å². The van der Waals surface area contributed by atoms with Gasteiger partial charge in [0.05, 0.1) is 18.7 Å². The zero-order valence-electron chi connectivity index (χ0n) is 15.1. The molecule has 0 bridgehead atoms. The van der Waals surface area contributed by atoms with E-state index in [4.69, 9.17) is 32.7 Å². The predicted molar refractivity (Wildman–Crippen MR) is 108 cm³/mol. The average molecular weight is 405 g/mol. The lowest BCUT2D eigenvalue weighted by atomic mass is 10.1. The van der Waals surface area contributed by atoms with Crippen LogP contribution in [-0.2, 0) is 4.79 Å². The number of rotatable bonds is 6. The molecule has 2 rings (SSSR count). The first-order valence-electron chi connectivity index (χ1n) is 8.09. The van der Waals surface area contributed by atoms with Gasteiger partial charge in [-0.3, -0.25) is 4.79 Å². The molecule has 27 heavy (non-hydrogen) atoms. The maximum Gasteiger partial charge on any atom is 0.266 e. The van der Waals surface area contributed by atoms with Gasteiger partial charge in [-0.15, -0.1) is 0 Å². The Morgan fingerprint density at radius 2 is 2.00 bits per heavy atom. The van der Waals surface area contributed by atoms with Crippen LogP contribution in [0.5, 0.6) is 11.5 Å². The van der Waals surface area contributed by atoms with E-state index >= 15 is 0 Å². The summed E-state index contributed by atoms with van der Waals surface area (Å²) in [7, 11) is 1.49. The molecule has 5 nitrogen and oxygen atoms in total. The lowest BCUT2D eigenvalue weighted by molar-refractivity contribution is -0.112. The van der Waals surface area contributed by atoms with Crippen molar-refractivity contribution in [1.82, 2.24) is 0 Å². The van der Waals surface area contributed by atoms with E-state index in [0.717, 1.165) is 5.56 Å². The zero-order valence-corrected chi connectivity index (χ0v) is 16.6. The lowest BCUT2D eigenvalue weighted by Crippen LogP contribution is -2.13. The minimum Gasteiger partial charge on any atom is -0.491 e. The molecule has 0 aliphatic carbocycles. The Hall–Kier alpha value is -2.68. The van der Waals surface area contributed by atoms with E-state index in [-0.39, 0.29) is 5.57 Å². The van der Waals surface area contributed by atoms with Gasteiger partial charge in [-0.1, -0.05) is 29.3 Å². The molecule has 1 N–H and O–H groups in total. The number of nitrogens with zero attached hydrogens (tertiary/aromatic N) is 1. The van der Waals surface area contributed by atoms with Crippen molar-refractivity contribution in [3.63, 3.8) is 0 Å². The van der Waals surface area contributed by atoms with Gasteiger partial charge in [0.1, 0.15) is 11.6 Å². The number of carbonyl (C=O) groups excluding carboxylic acids is 1. The molecule has 0 atom stereocenters. The molecule has 0 heterocycles. The highest BCUT2D eigenvalue weighted by Crippen LogP contribution is 2.37. The largest absolute Gasteiger partial charge is 0.491 e. The number of carbonyl (C=O) groups is 1. The number of halogens is 2. The van der Waals surface area contributed by atoms with Crippen molar-refractivity contribution in [3.8, 4) is 17.6 Å². The minimum atomic E-state index is -0.553. The Morgan fingerprint density at radius 3 is 2.59 bits per heavy atom. The summed E-state index contributed by atoms with van der Waals surface area (Å²) in [4.78, 5) is 12.4. The Labute approximate surface area is 168 Å². The first-order valence-corrected chi connectivity index (χ1v) is 8.84. The summed E-state index contributed by atoms with van der Waals surface area (Å²) in [6.07, 6.45) is 1.43. The minimum absolute atomic E-state index is 0.0876. The fourth-order valence-electron chi connectivity index (χ4n) is 2.32. The standard InChI is InChI=1S/C20H18Cl2N2O3/c1-4-27-18-9-13(8-17(22)19(18)26-3)7-14(11-23)20(25)24-15-6-5-12(2)16(21)10-15/h5-10H,4H2,1-3H3,(H,24,25)/b14-7-. The maximum atomic E-state index is 12.4. The van der Waals surface area contributed by atoms with Gasteiger partial charge in [0.2, 0.25) is 0 Å². The number of nitriles is 1. The van der Waals surface area contributed by atoms with E-state index in [2.05, 4.69) is 5.32 Å². The van der Waals surface area contributed by atoms with Gasteiger partial charge in [-0.2, -0.15) is 5.26 Å². The molecule has 0 unspecified atom stereocenters. The smallest absolute Gasteiger partial charge is 0.266 e. The number of benzene rings is 2. The van der Waals surface area contributed by atoms with Crippen molar-refractivity contribution in [2.24, 2.45) is 0 Å². The van der Waals surface area contributed by atoms with Gasteiger partial charge in [0, 0.05) is 10.7 Å². The Kier molecular flexibility index (Phi) is 7.12. The van der Waals surface area contributed by atoms with E-state index in [0.29, 0.717) is 39.4 Å². The molecular weight excluding hydrogens is 387 g/mol. The number of methoxy groups -OCH3 is 1. The monoisotopic (exact) mass is 404 g/mol. The predicted octanol–water partition coefficient (Wildman–Crippen LogP) is 5.25. The molecule has 140 valence electrons. The molecule has 0 spiro atoms. The third-order valence-electron chi connectivity index (χ3n) is 3.64. The Bertz CT molecular complexity index is 934. The van der Waals surface area contributed by atoms with Gasteiger partial charge in [-0.05, 0) is 55.3 Å². The second-order valence-corrected chi connectivity index (χ2v) is 6.37. The van der Waals surface area contributed by atoms with Gasteiger partial charge >= 0.3 is 0 Å². The van der Waals surface area contributed by atoms with E-state index in [1.54, 1.807) is 30.3 Å². The van der Waals surface area contributed by atoms with Gasteiger partial charge in [-0.25, -0.2) is 0 Å². The van der Waals surface area contributed by atoms with Crippen LogP contribution in [0.2, 0.25) is 10.0 Å². The molecule has 1 amide bonds. The Balaban J connectivity index is 2.33. The molecule has 0 radical (unpaired) electrons. The molecule has 0 saturated carbocycles. The van der Waals surface area contributed by atoms with Crippen LogP contribution >= 0.6 is 23.2 Å². The fourth-order valence-corrected chi connectivity index (χ4v) is 2.79. The van der Waals surface area contributed by atoms with Gasteiger partial charge in [0.15, 0.2) is 11.5 Å².